The number of benzene rings is 1. The summed E-state index contributed by atoms with van der Waals surface area (Å²) in [6, 6.07) is 8.94. The molecule has 0 bridgehead atoms. The lowest BCUT2D eigenvalue weighted by Gasteiger charge is -2.19. The third-order valence-electron chi connectivity index (χ3n) is 3.50. The van der Waals surface area contributed by atoms with Crippen LogP contribution in [0.2, 0.25) is 0 Å². The van der Waals surface area contributed by atoms with Crippen LogP contribution in [-0.4, -0.2) is 27.0 Å². The second-order valence-corrected chi connectivity index (χ2v) is 5.29. The molecule has 1 aromatic carbocycles. The summed E-state index contributed by atoms with van der Waals surface area (Å²) in [5.41, 5.74) is 1.86. The van der Waals surface area contributed by atoms with E-state index in [2.05, 4.69) is 15.3 Å². The van der Waals surface area contributed by atoms with Gasteiger partial charge in [-0.3, -0.25) is 9.59 Å². The van der Waals surface area contributed by atoms with Crippen LogP contribution in [0, 0.1) is 13.8 Å². The van der Waals surface area contributed by atoms with Crippen molar-refractivity contribution in [3.8, 4) is 0 Å². The highest BCUT2D eigenvalue weighted by atomic mass is 16.4. The number of carboxylic acid groups (broad SMARTS) is 1. The molecule has 1 aromatic heterocycles. The van der Waals surface area contributed by atoms with Crippen LogP contribution in [0.4, 0.5) is 0 Å². The van der Waals surface area contributed by atoms with E-state index in [9.17, 15) is 9.59 Å². The summed E-state index contributed by atoms with van der Waals surface area (Å²) in [6.07, 6.45) is 1.78. The quantitative estimate of drug-likeness (QED) is 0.854. The fourth-order valence-corrected chi connectivity index (χ4v) is 2.32. The molecule has 0 fully saturated rings. The fourth-order valence-electron chi connectivity index (χ4n) is 2.32. The highest BCUT2D eigenvalue weighted by Gasteiger charge is 2.18. The Bertz CT molecular complexity index is 701. The van der Waals surface area contributed by atoms with Crippen molar-refractivity contribution in [2.45, 2.75) is 32.7 Å². The first-order valence-electron chi connectivity index (χ1n) is 7.35. The molecule has 0 spiro atoms. The first kappa shape index (κ1) is 16.6. The van der Waals surface area contributed by atoms with Crippen LogP contribution in [0.1, 0.15) is 46.3 Å². The minimum Gasteiger partial charge on any atom is -0.481 e. The average molecular weight is 313 g/mol. The lowest BCUT2D eigenvalue weighted by Crippen LogP contribution is -2.30. The Balaban J connectivity index is 2.19. The van der Waals surface area contributed by atoms with Crippen LogP contribution in [0.3, 0.4) is 0 Å². The second kappa shape index (κ2) is 7.49. The number of aliphatic carboxylic acids is 1. The summed E-state index contributed by atoms with van der Waals surface area (Å²) in [5, 5.41) is 11.8. The number of hydrogen-bond acceptors (Lipinski definition) is 4. The molecular formula is C17H19N3O3. The van der Waals surface area contributed by atoms with Gasteiger partial charge < -0.3 is 10.4 Å². The van der Waals surface area contributed by atoms with Gasteiger partial charge >= 0.3 is 5.97 Å². The summed E-state index contributed by atoms with van der Waals surface area (Å²) in [7, 11) is 0. The maximum Gasteiger partial charge on any atom is 0.303 e. The van der Waals surface area contributed by atoms with E-state index in [0.29, 0.717) is 23.5 Å². The molecule has 120 valence electrons. The summed E-state index contributed by atoms with van der Waals surface area (Å²) < 4.78 is 0. The van der Waals surface area contributed by atoms with Crippen LogP contribution in [0.5, 0.6) is 0 Å². The van der Waals surface area contributed by atoms with Gasteiger partial charge in [-0.05, 0) is 25.8 Å². The third-order valence-corrected chi connectivity index (χ3v) is 3.50. The number of hydrogen-bond donors (Lipinski definition) is 2. The van der Waals surface area contributed by atoms with E-state index in [0.717, 1.165) is 5.56 Å². The van der Waals surface area contributed by atoms with E-state index in [1.165, 1.54) is 6.20 Å². The highest BCUT2D eigenvalue weighted by molar-refractivity contribution is 5.95. The Labute approximate surface area is 134 Å². The molecule has 0 aliphatic carbocycles. The van der Waals surface area contributed by atoms with Gasteiger partial charge in [0.05, 0.1) is 17.3 Å². The van der Waals surface area contributed by atoms with Gasteiger partial charge in [0, 0.05) is 12.6 Å². The smallest absolute Gasteiger partial charge is 0.303 e. The number of nitrogens with one attached hydrogen (secondary N) is 1. The number of amides is 1. The van der Waals surface area contributed by atoms with Gasteiger partial charge in [0.15, 0.2) is 0 Å². The van der Waals surface area contributed by atoms with Crippen LogP contribution in [-0.2, 0) is 4.79 Å². The zero-order valence-electron chi connectivity index (χ0n) is 13.1. The molecule has 2 rings (SSSR count). The maximum atomic E-state index is 12.5. The van der Waals surface area contributed by atoms with E-state index in [1.807, 2.05) is 30.3 Å². The number of nitrogens with zero attached hydrogens (tertiary/aromatic N) is 2. The number of carbonyl (C=O) groups is 2. The van der Waals surface area contributed by atoms with Crippen molar-refractivity contribution in [2.75, 3.05) is 0 Å². The van der Waals surface area contributed by atoms with Crippen LogP contribution >= 0.6 is 0 Å². The molecule has 23 heavy (non-hydrogen) atoms. The van der Waals surface area contributed by atoms with Gasteiger partial charge in [-0.2, -0.15) is 0 Å². The predicted molar refractivity (Wildman–Crippen MR) is 85.0 cm³/mol. The first-order valence-corrected chi connectivity index (χ1v) is 7.35. The summed E-state index contributed by atoms with van der Waals surface area (Å²) in [5.74, 6) is -0.596. The van der Waals surface area contributed by atoms with Crippen molar-refractivity contribution in [3.63, 3.8) is 0 Å². The van der Waals surface area contributed by atoms with Crippen LogP contribution in [0.15, 0.2) is 36.5 Å². The monoisotopic (exact) mass is 313 g/mol. The van der Waals surface area contributed by atoms with Crippen molar-refractivity contribution in [3.05, 3.63) is 59.2 Å². The number of aromatic nitrogens is 2. The first-order chi connectivity index (χ1) is 11.0. The molecule has 6 nitrogen and oxygen atoms in total. The molecule has 2 N–H and O–H groups in total. The Morgan fingerprint density at radius 2 is 1.91 bits per heavy atom. The molecule has 1 amide bonds. The highest BCUT2D eigenvalue weighted by Crippen LogP contribution is 2.19. The topological polar surface area (TPSA) is 92.2 Å². The van der Waals surface area contributed by atoms with E-state index in [1.54, 1.807) is 13.8 Å². The van der Waals surface area contributed by atoms with Crippen molar-refractivity contribution >= 4 is 11.9 Å². The van der Waals surface area contributed by atoms with E-state index in [4.69, 9.17) is 5.11 Å². The molecule has 1 atom stereocenters. The summed E-state index contributed by atoms with van der Waals surface area (Å²) in [6.45, 7) is 3.51. The molecule has 0 radical (unpaired) electrons. The lowest BCUT2D eigenvalue weighted by molar-refractivity contribution is -0.137. The van der Waals surface area contributed by atoms with Crippen molar-refractivity contribution < 1.29 is 14.7 Å². The second-order valence-electron chi connectivity index (χ2n) is 5.29. The lowest BCUT2D eigenvalue weighted by atomic mass is 10.0. The van der Waals surface area contributed by atoms with E-state index in [-0.39, 0.29) is 18.4 Å². The Morgan fingerprint density at radius 1 is 1.22 bits per heavy atom. The minimum absolute atomic E-state index is 0.0246. The molecule has 2 aromatic rings. The van der Waals surface area contributed by atoms with E-state index >= 15 is 0 Å². The largest absolute Gasteiger partial charge is 0.481 e. The molecule has 6 heteroatoms. The van der Waals surface area contributed by atoms with Gasteiger partial charge in [0.1, 0.15) is 5.82 Å². The third kappa shape index (κ3) is 4.60. The van der Waals surface area contributed by atoms with Crippen molar-refractivity contribution in [2.24, 2.45) is 0 Å². The molecule has 0 aliphatic heterocycles. The SMILES string of the molecule is Cc1ncc(C(=O)NC(CCC(=O)O)c2ccccc2)c(C)n1. The van der Waals surface area contributed by atoms with Gasteiger partial charge in [0.2, 0.25) is 0 Å². The van der Waals surface area contributed by atoms with Crippen LogP contribution < -0.4 is 5.32 Å². The molecule has 0 saturated heterocycles. The van der Waals surface area contributed by atoms with Crippen molar-refractivity contribution in [1.29, 1.82) is 0 Å². The number of carboxylic acids is 1. The zero-order chi connectivity index (χ0) is 16.8. The van der Waals surface area contributed by atoms with Gasteiger partial charge in [-0.15, -0.1) is 0 Å². The Kier molecular flexibility index (Phi) is 5.41. The van der Waals surface area contributed by atoms with Crippen LogP contribution in [0.25, 0.3) is 0 Å². The Hall–Kier alpha value is -2.76. The number of carbonyl (C=O) groups excluding carboxylic acids is 1. The zero-order valence-corrected chi connectivity index (χ0v) is 13.1. The van der Waals surface area contributed by atoms with E-state index < -0.39 is 5.97 Å². The molecule has 0 saturated carbocycles. The Morgan fingerprint density at radius 3 is 2.52 bits per heavy atom. The van der Waals surface area contributed by atoms with Gasteiger partial charge in [-0.1, -0.05) is 30.3 Å². The van der Waals surface area contributed by atoms with Gasteiger partial charge in [0.25, 0.3) is 5.91 Å². The molecule has 1 heterocycles. The summed E-state index contributed by atoms with van der Waals surface area (Å²) in [4.78, 5) is 31.5. The fraction of sp³-hybridized carbons (Fsp3) is 0.294. The average Bonchev–Trinajstić information content (AvgIpc) is 2.51. The molecular weight excluding hydrogens is 294 g/mol. The van der Waals surface area contributed by atoms with Crippen molar-refractivity contribution in [1.82, 2.24) is 15.3 Å². The maximum absolute atomic E-state index is 12.5. The van der Waals surface area contributed by atoms with Gasteiger partial charge in [-0.25, -0.2) is 9.97 Å². The standard InChI is InChI=1S/C17H19N3O3/c1-11-14(10-18-12(2)19-11)17(23)20-15(8-9-16(21)22)13-6-4-3-5-7-13/h3-7,10,15H,8-9H2,1-2H3,(H,20,23)(H,21,22). The molecule has 1 unspecified atom stereocenters. The minimum atomic E-state index is -0.893. The normalized spacial score (nSPS) is 11.7. The summed E-state index contributed by atoms with van der Waals surface area (Å²) >= 11 is 0. The molecule has 0 aliphatic rings. The number of aryl methyl sites for hydroxylation is 2. The number of rotatable bonds is 6. The predicted octanol–water partition coefficient (Wildman–Crippen LogP) is 2.43.